The van der Waals surface area contributed by atoms with Gasteiger partial charge in [-0.05, 0) is 18.2 Å². The minimum absolute atomic E-state index is 0.192. The number of anilines is 2. The second kappa shape index (κ2) is 5.70. The molecule has 118 valence electrons. The standard InChI is InChI=1S/C18H17ClN2O2/c1-18(2)8-10-21(15-6-4-5-13(19)16(15)18)14-7-9-20-11-12(14)17(22)23-3/h4-11H,1-3H3. The Kier molecular flexibility index (Phi) is 3.86. The first kappa shape index (κ1) is 15.6. The number of benzene rings is 1. The molecule has 1 aliphatic rings. The van der Waals surface area contributed by atoms with Gasteiger partial charge in [0, 0.05) is 34.6 Å². The Balaban J connectivity index is 2.21. The summed E-state index contributed by atoms with van der Waals surface area (Å²) in [5.41, 5.74) is 2.90. The van der Waals surface area contributed by atoms with Crippen molar-refractivity contribution in [1.29, 1.82) is 0 Å². The van der Waals surface area contributed by atoms with Crippen molar-refractivity contribution in [3.05, 3.63) is 65.1 Å². The van der Waals surface area contributed by atoms with Crippen molar-refractivity contribution in [2.75, 3.05) is 12.0 Å². The number of carbonyl (C=O) groups excluding carboxylic acids is 1. The summed E-state index contributed by atoms with van der Waals surface area (Å²) in [4.78, 5) is 18.0. The van der Waals surface area contributed by atoms with Crippen LogP contribution in [0.2, 0.25) is 5.02 Å². The van der Waals surface area contributed by atoms with Gasteiger partial charge in [-0.25, -0.2) is 4.79 Å². The summed E-state index contributed by atoms with van der Waals surface area (Å²) >= 11 is 6.44. The fraction of sp³-hybridized carbons (Fsp3) is 0.222. The Morgan fingerprint density at radius 2 is 2.04 bits per heavy atom. The SMILES string of the molecule is COC(=O)c1cnccc1N1C=CC(C)(C)c2c(Cl)cccc21. The van der Waals surface area contributed by atoms with Crippen molar-refractivity contribution in [3.8, 4) is 0 Å². The normalized spacial score (nSPS) is 15.2. The Bertz CT molecular complexity index is 799. The fourth-order valence-corrected chi connectivity index (χ4v) is 3.26. The van der Waals surface area contributed by atoms with Gasteiger partial charge in [0.1, 0.15) is 5.56 Å². The van der Waals surface area contributed by atoms with E-state index in [1.54, 1.807) is 12.3 Å². The summed E-state index contributed by atoms with van der Waals surface area (Å²) in [5.74, 6) is -0.421. The molecule has 0 amide bonds. The number of hydrogen-bond donors (Lipinski definition) is 0. The van der Waals surface area contributed by atoms with Gasteiger partial charge in [0.2, 0.25) is 0 Å². The van der Waals surface area contributed by atoms with Crippen molar-refractivity contribution in [3.63, 3.8) is 0 Å². The molecule has 4 nitrogen and oxygen atoms in total. The first-order chi connectivity index (χ1) is 11.0. The quantitative estimate of drug-likeness (QED) is 0.763. The third kappa shape index (κ3) is 2.59. The minimum Gasteiger partial charge on any atom is -0.465 e. The lowest BCUT2D eigenvalue weighted by Crippen LogP contribution is -2.26. The number of hydrogen-bond acceptors (Lipinski definition) is 4. The second-order valence-corrected chi connectivity index (χ2v) is 6.33. The van der Waals surface area contributed by atoms with Gasteiger partial charge in [-0.1, -0.05) is 37.6 Å². The van der Waals surface area contributed by atoms with Gasteiger partial charge < -0.3 is 9.64 Å². The third-order valence-electron chi connectivity index (χ3n) is 4.00. The first-order valence-corrected chi connectivity index (χ1v) is 7.63. The highest BCUT2D eigenvalue weighted by molar-refractivity contribution is 6.32. The average molecular weight is 329 g/mol. The van der Waals surface area contributed by atoms with Crippen LogP contribution < -0.4 is 4.90 Å². The van der Waals surface area contributed by atoms with Crippen molar-refractivity contribution < 1.29 is 9.53 Å². The molecule has 1 aromatic carbocycles. The largest absolute Gasteiger partial charge is 0.465 e. The number of carbonyl (C=O) groups is 1. The molecule has 1 aliphatic heterocycles. The van der Waals surface area contributed by atoms with E-state index in [9.17, 15) is 4.79 Å². The second-order valence-electron chi connectivity index (χ2n) is 5.93. The van der Waals surface area contributed by atoms with E-state index in [1.807, 2.05) is 29.3 Å². The van der Waals surface area contributed by atoms with E-state index in [0.717, 1.165) is 11.3 Å². The zero-order chi connectivity index (χ0) is 16.6. The zero-order valence-corrected chi connectivity index (χ0v) is 14.0. The van der Waals surface area contributed by atoms with Crippen LogP contribution in [0.5, 0.6) is 0 Å². The smallest absolute Gasteiger partial charge is 0.341 e. The molecule has 2 aromatic rings. The molecule has 23 heavy (non-hydrogen) atoms. The van der Waals surface area contributed by atoms with Crippen molar-refractivity contribution in [2.24, 2.45) is 0 Å². The lowest BCUT2D eigenvalue weighted by atomic mass is 9.81. The molecule has 0 fully saturated rings. The number of nitrogens with zero attached hydrogens (tertiary/aromatic N) is 2. The third-order valence-corrected chi connectivity index (χ3v) is 4.31. The minimum atomic E-state index is -0.421. The number of esters is 1. The number of ether oxygens (including phenoxy) is 1. The van der Waals surface area contributed by atoms with E-state index in [2.05, 4.69) is 24.9 Å². The molecule has 3 rings (SSSR count). The van der Waals surface area contributed by atoms with Crippen LogP contribution in [0.25, 0.3) is 0 Å². The van der Waals surface area contributed by atoms with Gasteiger partial charge in [0.15, 0.2) is 0 Å². The topological polar surface area (TPSA) is 42.4 Å². The summed E-state index contributed by atoms with van der Waals surface area (Å²) in [6, 6.07) is 7.57. The predicted molar refractivity (Wildman–Crippen MR) is 91.3 cm³/mol. The van der Waals surface area contributed by atoms with Crippen LogP contribution in [-0.4, -0.2) is 18.1 Å². The van der Waals surface area contributed by atoms with Crippen LogP contribution in [0.4, 0.5) is 11.4 Å². The number of aromatic nitrogens is 1. The van der Waals surface area contributed by atoms with Crippen LogP contribution in [0.3, 0.4) is 0 Å². The van der Waals surface area contributed by atoms with Crippen LogP contribution >= 0.6 is 11.6 Å². The molecule has 0 saturated heterocycles. The Morgan fingerprint density at radius 3 is 2.78 bits per heavy atom. The maximum Gasteiger partial charge on any atom is 0.341 e. The molecule has 0 radical (unpaired) electrons. The highest BCUT2D eigenvalue weighted by Crippen LogP contribution is 2.45. The van der Waals surface area contributed by atoms with Gasteiger partial charge in [0.05, 0.1) is 18.5 Å². The lowest BCUT2D eigenvalue weighted by molar-refractivity contribution is 0.0601. The Labute approximate surface area is 140 Å². The number of allylic oxidation sites excluding steroid dienone is 1. The molecule has 2 heterocycles. The average Bonchev–Trinajstić information content (AvgIpc) is 2.54. The van der Waals surface area contributed by atoms with E-state index in [0.29, 0.717) is 16.3 Å². The van der Waals surface area contributed by atoms with Crippen molar-refractivity contribution in [2.45, 2.75) is 19.3 Å². The molecule has 5 heteroatoms. The molecular formula is C18H17ClN2O2. The predicted octanol–water partition coefficient (Wildman–Crippen LogP) is 4.46. The van der Waals surface area contributed by atoms with Gasteiger partial charge in [0.25, 0.3) is 0 Å². The van der Waals surface area contributed by atoms with Crippen molar-refractivity contribution >= 4 is 28.9 Å². The maximum atomic E-state index is 12.0. The summed E-state index contributed by atoms with van der Waals surface area (Å²) in [5, 5.41) is 0.704. The highest BCUT2D eigenvalue weighted by atomic mass is 35.5. The molecular weight excluding hydrogens is 312 g/mol. The monoisotopic (exact) mass is 328 g/mol. The van der Waals surface area contributed by atoms with Gasteiger partial charge >= 0.3 is 5.97 Å². The fourth-order valence-electron chi connectivity index (χ4n) is 2.85. The molecule has 1 aromatic heterocycles. The first-order valence-electron chi connectivity index (χ1n) is 7.25. The maximum absolute atomic E-state index is 12.0. The molecule has 0 bridgehead atoms. The number of rotatable bonds is 2. The molecule has 0 N–H and O–H groups in total. The molecule has 0 aliphatic carbocycles. The van der Waals surface area contributed by atoms with Crippen LogP contribution in [0, 0.1) is 0 Å². The summed E-state index contributed by atoms with van der Waals surface area (Å²) in [6.45, 7) is 4.22. The summed E-state index contributed by atoms with van der Waals surface area (Å²) in [6.07, 6.45) is 7.20. The van der Waals surface area contributed by atoms with Crippen LogP contribution in [0.1, 0.15) is 29.8 Å². The molecule has 0 saturated carbocycles. The lowest BCUT2D eigenvalue weighted by Gasteiger charge is -2.36. The highest BCUT2D eigenvalue weighted by Gasteiger charge is 2.31. The van der Waals surface area contributed by atoms with Crippen LogP contribution in [0.15, 0.2) is 48.9 Å². The zero-order valence-electron chi connectivity index (χ0n) is 13.2. The Morgan fingerprint density at radius 1 is 1.26 bits per heavy atom. The van der Waals surface area contributed by atoms with E-state index >= 15 is 0 Å². The van der Waals surface area contributed by atoms with E-state index in [1.165, 1.54) is 13.3 Å². The molecule has 0 spiro atoms. The van der Waals surface area contributed by atoms with Gasteiger partial charge in [-0.3, -0.25) is 4.98 Å². The van der Waals surface area contributed by atoms with Gasteiger partial charge in [-0.2, -0.15) is 0 Å². The van der Waals surface area contributed by atoms with E-state index < -0.39 is 5.97 Å². The van der Waals surface area contributed by atoms with Crippen molar-refractivity contribution in [1.82, 2.24) is 4.98 Å². The van der Waals surface area contributed by atoms with Crippen LogP contribution in [-0.2, 0) is 10.2 Å². The molecule has 0 unspecified atom stereocenters. The summed E-state index contributed by atoms with van der Waals surface area (Å²) < 4.78 is 4.86. The molecule has 0 atom stereocenters. The number of pyridine rings is 1. The number of methoxy groups -OCH3 is 1. The number of fused-ring (bicyclic) bond motifs is 1. The van der Waals surface area contributed by atoms with E-state index in [-0.39, 0.29) is 5.41 Å². The summed E-state index contributed by atoms with van der Waals surface area (Å²) in [7, 11) is 1.36. The number of halogens is 1. The van der Waals surface area contributed by atoms with Gasteiger partial charge in [-0.15, -0.1) is 0 Å². The van der Waals surface area contributed by atoms with E-state index in [4.69, 9.17) is 16.3 Å². The Hall–Kier alpha value is -2.33.